The number of rotatable bonds is 6. The number of hydrogen-bond donors (Lipinski definition) is 3. The number of aryl methyl sites for hydroxylation is 1. The Hall–Kier alpha value is -1.92. The van der Waals surface area contributed by atoms with Crippen LogP contribution in [-0.4, -0.2) is 43.3 Å². The van der Waals surface area contributed by atoms with E-state index in [-0.39, 0.29) is 24.3 Å². The van der Waals surface area contributed by atoms with E-state index in [4.69, 9.17) is 9.84 Å². The second kappa shape index (κ2) is 7.19. The van der Waals surface area contributed by atoms with Crippen LogP contribution in [0.3, 0.4) is 0 Å². The number of hydrogen-bond acceptors (Lipinski definition) is 4. The molecule has 6 heteroatoms. The first kappa shape index (κ1) is 15.5. The summed E-state index contributed by atoms with van der Waals surface area (Å²) in [5, 5.41) is 14.7. The van der Waals surface area contributed by atoms with Crippen molar-refractivity contribution >= 4 is 17.6 Å². The predicted molar refractivity (Wildman–Crippen MR) is 78.2 cm³/mol. The van der Waals surface area contributed by atoms with E-state index in [9.17, 15) is 9.59 Å². The summed E-state index contributed by atoms with van der Waals surface area (Å²) in [5.41, 5.74) is 1.50. The van der Waals surface area contributed by atoms with Gasteiger partial charge in [-0.25, -0.2) is 0 Å². The molecule has 1 aliphatic rings. The lowest BCUT2D eigenvalue weighted by Gasteiger charge is -2.17. The molecule has 2 atom stereocenters. The van der Waals surface area contributed by atoms with Crippen LogP contribution in [0.5, 0.6) is 0 Å². The van der Waals surface area contributed by atoms with Crippen molar-refractivity contribution in [2.45, 2.75) is 18.9 Å². The Bertz CT molecular complexity index is 518. The zero-order chi connectivity index (χ0) is 15.2. The van der Waals surface area contributed by atoms with Crippen LogP contribution in [0.4, 0.5) is 5.69 Å². The molecule has 21 heavy (non-hydrogen) atoms. The minimum absolute atomic E-state index is 0.0104. The molecule has 0 spiro atoms. The molecular formula is C15H20N2O4. The monoisotopic (exact) mass is 292 g/mol. The van der Waals surface area contributed by atoms with Gasteiger partial charge in [-0.2, -0.15) is 0 Å². The number of aliphatic carboxylic acids is 1. The van der Waals surface area contributed by atoms with Crippen molar-refractivity contribution in [3.63, 3.8) is 0 Å². The van der Waals surface area contributed by atoms with Crippen molar-refractivity contribution in [3.05, 3.63) is 29.8 Å². The number of benzene rings is 1. The maximum Gasteiger partial charge on any atom is 0.303 e. The maximum atomic E-state index is 12.3. The van der Waals surface area contributed by atoms with Crippen molar-refractivity contribution in [1.82, 2.24) is 5.32 Å². The fourth-order valence-corrected chi connectivity index (χ4v) is 2.42. The Kier molecular flexibility index (Phi) is 5.30. The van der Waals surface area contributed by atoms with E-state index in [1.54, 1.807) is 13.1 Å². The fourth-order valence-electron chi connectivity index (χ4n) is 2.42. The third-order valence-electron chi connectivity index (χ3n) is 3.67. The number of ether oxygens (including phenoxy) is 1. The second-order valence-electron chi connectivity index (χ2n) is 5.08. The molecule has 1 aromatic rings. The maximum absolute atomic E-state index is 12.3. The van der Waals surface area contributed by atoms with Crippen LogP contribution in [-0.2, 0) is 20.7 Å². The SMILES string of the molecule is CNC1COCC1C(=O)Nc1ccccc1CCC(=O)O. The number of amides is 1. The third kappa shape index (κ3) is 4.03. The van der Waals surface area contributed by atoms with E-state index < -0.39 is 5.97 Å². The van der Waals surface area contributed by atoms with Gasteiger partial charge in [-0.1, -0.05) is 18.2 Å². The number of carboxylic acid groups (broad SMARTS) is 1. The summed E-state index contributed by atoms with van der Waals surface area (Å²) in [4.78, 5) is 23.0. The fraction of sp³-hybridized carbons (Fsp3) is 0.467. The Morgan fingerprint density at radius 1 is 1.33 bits per heavy atom. The van der Waals surface area contributed by atoms with E-state index >= 15 is 0 Å². The van der Waals surface area contributed by atoms with Gasteiger partial charge in [0.05, 0.1) is 19.1 Å². The first-order valence-electron chi connectivity index (χ1n) is 6.97. The van der Waals surface area contributed by atoms with Crippen molar-refractivity contribution < 1.29 is 19.4 Å². The summed E-state index contributed by atoms with van der Waals surface area (Å²) in [6.07, 6.45) is 0.432. The van der Waals surface area contributed by atoms with Crippen LogP contribution in [0.25, 0.3) is 0 Å². The topological polar surface area (TPSA) is 87.7 Å². The minimum Gasteiger partial charge on any atom is -0.481 e. The van der Waals surface area contributed by atoms with Crippen LogP contribution >= 0.6 is 0 Å². The standard InChI is InChI=1S/C15H20N2O4/c1-16-13-9-21-8-11(13)15(20)17-12-5-3-2-4-10(12)6-7-14(18)19/h2-5,11,13,16H,6-9H2,1H3,(H,17,20)(H,18,19). The van der Waals surface area contributed by atoms with Gasteiger partial charge in [-0.3, -0.25) is 9.59 Å². The van der Waals surface area contributed by atoms with Crippen molar-refractivity contribution in [2.24, 2.45) is 5.92 Å². The average molecular weight is 292 g/mol. The normalized spacial score (nSPS) is 21.2. The van der Waals surface area contributed by atoms with Gasteiger partial charge in [0.15, 0.2) is 0 Å². The highest BCUT2D eigenvalue weighted by Gasteiger charge is 2.33. The Balaban J connectivity index is 2.05. The summed E-state index contributed by atoms with van der Waals surface area (Å²) < 4.78 is 5.33. The highest BCUT2D eigenvalue weighted by Crippen LogP contribution is 2.20. The summed E-state index contributed by atoms with van der Waals surface area (Å²) in [7, 11) is 1.81. The largest absolute Gasteiger partial charge is 0.481 e. The van der Waals surface area contributed by atoms with Gasteiger partial charge < -0.3 is 20.5 Å². The lowest BCUT2D eigenvalue weighted by molar-refractivity contribution is -0.137. The smallest absolute Gasteiger partial charge is 0.303 e. The lowest BCUT2D eigenvalue weighted by Crippen LogP contribution is -2.39. The molecule has 1 fully saturated rings. The van der Waals surface area contributed by atoms with Crippen LogP contribution in [0.15, 0.2) is 24.3 Å². The van der Waals surface area contributed by atoms with Crippen LogP contribution in [0, 0.1) is 5.92 Å². The minimum atomic E-state index is -0.851. The molecule has 0 aromatic heterocycles. The third-order valence-corrected chi connectivity index (χ3v) is 3.67. The van der Waals surface area contributed by atoms with Crippen molar-refractivity contribution in [2.75, 3.05) is 25.6 Å². The molecule has 114 valence electrons. The van der Waals surface area contributed by atoms with E-state index in [0.29, 0.717) is 25.3 Å². The highest BCUT2D eigenvalue weighted by molar-refractivity contribution is 5.94. The number of carbonyl (C=O) groups is 2. The first-order chi connectivity index (χ1) is 10.1. The van der Waals surface area contributed by atoms with Crippen molar-refractivity contribution in [3.8, 4) is 0 Å². The molecule has 1 saturated heterocycles. The number of para-hydroxylation sites is 1. The molecule has 2 rings (SSSR count). The molecule has 1 amide bonds. The summed E-state index contributed by atoms with van der Waals surface area (Å²) in [6, 6.07) is 7.29. The molecule has 3 N–H and O–H groups in total. The molecule has 2 unspecified atom stereocenters. The van der Waals surface area contributed by atoms with Crippen molar-refractivity contribution in [1.29, 1.82) is 0 Å². The number of likely N-dealkylation sites (N-methyl/N-ethyl adjacent to an activating group) is 1. The lowest BCUT2D eigenvalue weighted by atomic mass is 10.0. The Morgan fingerprint density at radius 3 is 2.81 bits per heavy atom. The van der Waals surface area contributed by atoms with Gasteiger partial charge >= 0.3 is 5.97 Å². The highest BCUT2D eigenvalue weighted by atomic mass is 16.5. The van der Waals surface area contributed by atoms with E-state index in [0.717, 1.165) is 5.56 Å². The van der Waals surface area contributed by atoms with Gasteiger partial charge in [-0.05, 0) is 25.1 Å². The van der Waals surface area contributed by atoms with E-state index in [1.807, 2.05) is 18.2 Å². The number of nitrogens with one attached hydrogen (secondary N) is 2. The molecule has 0 bridgehead atoms. The quantitative estimate of drug-likeness (QED) is 0.724. The molecular weight excluding hydrogens is 272 g/mol. The molecule has 1 heterocycles. The predicted octanol–water partition coefficient (Wildman–Crippen LogP) is 0.877. The summed E-state index contributed by atoms with van der Waals surface area (Å²) >= 11 is 0. The second-order valence-corrected chi connectivity index (χ2v) is 5.08. The zero-order valence-electron chi connectivity index (χ0n) is 12.0. The molecule has 6 nitrogen and oxygen atoms in total. The number of carbonyl (C=O) groups excluding carboxylic acids is 1. The van der Waals surface area contributed by atoms with Gasteiger partial charge in [0, 0.05) is 18.2 Å². The van der Waals surface area contributed by atoms with E-state index in [2.05, 4.69) is 10.6 Å². The van der Waals surface area contributed by atoms with Crippen LogP contribution in [0.1, 0.15) is 12.0 Å². The molecule has 0 saturated carbocycles. The molecule has 0 radical (unpaired) electrons. The molecule has 1 aromatic carbocycles. The van der Waals surface area contributed by atoms with Gasteiger partial charge in [0.1, 0.15) is 0 Å². The van der Waals surface area contributed by atoms with Crippen LogP contribution < -0.4 is 10.6 Å². The zero-order valence-corrected chi connectivity index (χ0v) is 12.0. The van der Waals surface area contributed by atoms with E-state index in [1.165, 1.54) is 0 Å². The molecule has 0 aliphatic carbocycles. The Morgan fingerprint density at radius 2 is 2.10 bits per heavy atom. The Labute approximate surface area is 123 Å². The average Bonchev–Trinajstić information content (AvgIpc) is 2.94. The molecule has 1 aliphatic heterocycles. The number of anilines is 1. The van der Waals surface area contributed by atoms with Gasteiger partial charge in [0.25, 0.3) is 0 Å². The first-order valence-corrected chi connectivity index (χ1v) is 6.97. The van der Waals surface area contributed by atoms with Gasteiger partial charge in [0.2, 0.25) is 5.91 Å². The summed E-state index contributed by atoms with van der Waals surface area (Å²) in [5.74, 6) is -1.19. The summed E-state index contributed by atoms with van der Waals surface area (Å²) in [6.45, 7) is 0.921. The van der Waals surface area contributed by atoms with Gasteiger partial charge in [-0.15, -0.1) is 0 Å². The van der Waals surface area contributed by atoms with Crippen LogP contribution in [0.2, 0.25) is 0 Å². The number of carboxylic acids is 1.